The highest BCUT2D eigenvalue weighted by atomic mass is 15.3. The van der Waals surface area contributed by atoms with Crippen LogP contribution in [0, 0.1) is 13.8 Å². The Labute approximate surface area is 92.9 Å². The molecule has 0 aliphatic carbocycles. The fraction of sp³-hybridized carbons (Fsp3) is 0.750. The maximum Gasteiger partial charge on any atom is 0.0628 e. The molecule has 1 rings (SSSR count). The zero-order valence-corrected chi connectivity index (χ0v) is 10.4. The van der Waals surface area contributed by atoms with E-state index in [9.17, 15) is 0 Å². The molecule has 1 N–H and O–H groups in total. The molecule has 0 radical (unpaired) electrons. The third-order valence-corrected chi connectivity index (χ3v) is 2.82. The van der Waals surface area contributed by atoms with Crippen molar-refractivity contribution < 1.29 is 0 Å². The van der Waals surface area contributed by atoms with Crippen molar-refractivity contribution in [3.63, 3.8) is 0 Å². The zero-order valence-electron chi connectivity index (χ0n) is 10.4. The molecule has 1 aromatic heterocycles. The zero-order chi connectivity index (χ0) is 11.3. The molecule has 0 aliphatic rings. The molecule has 86 valence electrons. The number of nitrogens with zero attached hydrogens (tertiary/aromatic N) is 2. The number of hydrogen-bond donors (Lipinski definition) is 1. The molecule has 0 spiro atoms. The van der Waals surface area contributed by atoms with Crippen LogP contribution in [-0.4, -0.2) is 23.4 Å². The summed E-state index contributed by atoms with van der Waals surface area (Å²) in [5.41, 5.74) is 4.00. The quantitative estimate of drug-likeness (QED) is 0.727. The molecule has 0 amide bonds. The normalized spacial score (nSPS) is 10.9. The summed E-state index contributed by atoms with van der Waals surface area (Å²) in [7, 11) is 2.00. The smallest absolute Gasteiger partial charge is 0.0628 e. The van der Waals surface area contributed by atoms with Crippen LogP contribution in [0.5, 0.6) is 0 Å². The standard InChI is InChI=1S/C12H23N3/c1-5-9-15-11(3)12(10(2)14-15)7-6-8-13-4/h13H,5-9H2,1-4H3. The Morgan fingerprint density at radius 1 is 1.33 bits per heavy atom. The van der Waals surface area contributed by atoms with Gasteiger partial charge in [-0.25, -0.2) is 0 Å². The molecule has 15 heavy (non-hydrogen) atoms. The fourth-order valence-corrected chi connectivity index (χ4v) is 1.97. The van der Waals surface area contributed by atoms with Gasteiger partial charge in [0.2, 0.25) is 0 Å². The Hall–Kier alpha value is -0.830. The average molecular weight is 209 g/mol. The Kier molecular flexibility index (Phi) is 4.82. The van der Waals surface area contributed by atoms with Gasteiger partial charge in [0.1, 0.15) is 0 Å². The molecular weight excluding hydrogens is 186 g/mol. The van der Waals surface area contributed by atoms with Crippen molar-refractivity contribution in [1.82, 2.24) is 15.1 Å². The minimum atomic E-state index is 1.04. The van der Waals surface area contributed by atoms with Gasteiger partial charge in [-0.15, -0.1) is 0 Å². The van der Waals surface area contributed by atoms with E-state index in [0.29, 0.717) is 0 Å². The second-order valence-electron chi connectivity index (χ2n) is 4.08. The average Bonchev–Trinajstić information content (AvgIpc) is 2.46. The van der Waals surface area contributed by atoms with Crippen molar-refractivity contribution in [2.75, 3.05) is 13.6 Å². The first-order chi connectivity index (χ1) is 7.20. The van der Waals surface area contributed by atoms with Crippen LogP contribution in [0.1, 0.15) is 36.7 Å². The number of hydrogen-bond acceptors (Lipinski definition) is 2. The van der Waals surface area contributed by atoms with E-state index in [1.54, 1.807) is 0 Å². The molecule has 0 saturated carbocycles. The fourth-order valence-electron chi connectivity index (χ4n) is 1.97. The minimum absolute atomic E-state index is 1.04. The van der Waals surface area contributed by atoms with Crippen molar-refractivity contribution in [2.24, 2.45) is 0 Å². The highest BCUT2D eigenvalue weighted by molar-refractivity contribution is 5.24. The van der Waals surface area contributed by atoms with E-state index in [1.807, 2.05) is 7.05 Å². The Bertz CT molecular complexity index is 302. The first-order valence-corrected chi connectivity index (χ1v) is 5.88. The van der Waals surface area contributed by atoms with Crippen LogP contribution in [0.3, 0.4) is 0 Å². The molecule has 0 aromatic carbocycles. The molecule has 1 aromatic rings. The number of nitrogens with one attached hydrogen (secondary N) is 1. The SMILES string of the molecule is CCCn1nc(C)c(CCCNC)c1C. The summed E-state index contributed by atoms with van der Waals surface area (Å²) < 4.78 is 2.14. The molecule has 0 aliphatic heterocycles. The largest absolute Gasteiger partial charge is 0.320 e. The molecule has 3 nitrogen and oxygen atoms in total. The van der Waals surface area contributed by atoms with Gasteiger partial charge in [-0.05, 0) is 52.3 Å². The molecule has 0 bridgehead atoms. The lowest BCUT2D eigenvalue weighted by Crippen LogP contribution is -2.09. The third-order valence-electron chi connectivity index (χ3n) is 2.82. The summed E-state index contributed by atoms with van der Waals surface area (Å²) in [6.45, 7) is 8.62. The van der Waals surface area contributed by atoms with E-state index in [2.05, 4.69) is 35.9 Å². The van der Waals surface area contributed by atoms with Crippen molar-refractivity contribution in [1.29, 1.82) is 0 Å². The van der Waals surface area contributed by atoms with Gasteiger partial charge in [0.15, 0.2) is 0 Å². The molecule has 0 saturated heterocycles. The second-order valence-corrected chi connectivity index (χ2v) is 4.08. The van der Waals surface area contributed by atoms with Gasteiger partial charge < -0.3 is 5.32 Å². The van der Waals surface area contributed by atoms with Gasteiger partial charge in [0.05, 0.1) is 5.69 Å². The lowest BCUT2D eigenvalue weighted by Gasteiger charge is -2.03. The summed E-state index contributed by atoms with van der Waals surface area (Å²) in [4.78, 5) is 0. The van der Waals surface area contributed by atoms with Crippen LogP contribution in [-0.2, 0) is 13.0 Å². The van der Waals surface area contributed by atoms with Gasteiger partial charge in [0.25, 0.3) is 0 Å². The molecular formula is C12H23N3. The Morgan fingerprint density at radius 3 is 2.67 bits per heavy atom. The third kappa shape index (κ3) is 3.06. The Morgan fingerprint density at radius 2 is 2.07 bits per heavy atom. The maximum absolute atomic E-state index is 4.57. The number of rotatable bonds is 6. The first-order valence-electron chi connectivity index (χ1n) is 5.88. The maximum atomic E-state index is 4.57. The monoisotopic (exact) mass is 209 g/mol. The van der Waals surface area contributed by atoms with E-state index in [-0.39, 0.29) is 0 Å². The van der Waals surface area contributed by atoms with Crippen LogP contribution < -0.4 is 5.32 Å². The lowest BCUT2D eigenvalue weighted by molar-refractivity contribution is 0.582. The second kappa shape index (κ2) is 5.91. The van der Waals surface area contributed by atoms with E-state index in [0.717, 1.165) is 25.9 Å². The molecule has 1 heterocycles. The van der Waals surface area contributed by atoms with Crippen LogP contribution in [0.25, 0.3) is 0 Å². The molecule has 0 fully saturated rings. The predicted octanol–water partition coefficient (Wildman–Crippen LogP) is 2.06. The van der Waals surface area contributed by atoms with Gasteiger partial charge in [-0.3, -0.25) is 4.68 Å². The number of aryl methyl sites for hydroxylation is 2. The molecule has 0 unspecified atom stereocenters. The van der Waals surface area contributed by atoms with Gasteiger partial charge in [0, 0.05) is 12.2 Å². The van der Waals surface area contributed by atoms with E-state index in [1.165, 1.54) is 23.4 Å². The Balaban J connectivity index is 2.69. The van der Waals surface area contributed by atoms with Gasteiger partial charge in [-0.1, -0.05) is 6.92 Å². The minimum Gasteiger partial charge on any atom is -0.320 e. The van der Waals surface area contributed by atoms with Crippen molar-refractivity contribution in [3.8, 4) is 0 Å². The van der Waals surface area contributed by atoms with Gasteiger partial charge >= 0.3 is 0 Å². The van der Waals surface area contributed by atoms with Crippen molar-refractivity contribution in [3.05, 3.63) is 17.0 Å². The van der Waals surface area contributed by atoms with E-state index >= 15 is 0 Å². The van der Waals surface area contributed by atoms with Crippen LogP contribution >= 0.6 is 0 Å². The van der Waals surface area contributed by atoms with Crippen LogP contribution in [0.4, 0.5) is 0 Å². The summed E-state index contributed by atoms with van der Waals surface area (Å²) in [6, 6.07) is 0. The first kappa shape index (κ1) is 12.2. The number of aromatic nitrogens is 2. The van der Waals surface area contributed by atoms with Crippen molar-refractivity contribution >= 4 is 0 Å². The molecule has 0 atom stereocenters. The summed E-state index contributed by atoms with van der Waals surface area (Å²) in [5.74, 6) is 0. The highest BCUT2D eigenvalue weighted by Gasteiger charge is 2.09. The summed E-state index contributed by atoms with van der Waals surface area (Å²) >= 11 is 0. The molecule has 3 heteroatoms. The topological polar surface area (TPSA) is 29.9 Å². The lowest BCUT2D eigenvalue weighted by atomic mass is 10.1. The predicted molar refractivity (Wildman–Crippen MR) is 64.2 cm³/mol. The van der Waals surface area contributed by atoms with E-state index in [4.69, 9.17) is 0 Å². The highest BCUT2D eigenvalue weighted by Crippen LogP contribution is 2.15. The summed E-state index contributed by atoms with van der Waals surface area (Å²) in [6.07, 6.45) is 3.48. The summed E-state index contributed by atoms with van der Waals surface area (Å²) in [5, 5.41) is 7.76. The van der Waals surface area contributed by atoms with Crippen LogP contribution in [0.2, 0.25) is 0 Å². The van der Waals surface area contributed by atoms with E-state index < -0.39 is 0 Å². The van der Waals surface area contributed by atoms with Gasteiger partial charge in [-0.2, -0.15) is 5.10 Å². The van der Waals surface area contributed by atoms with Crippen LogP contribution in [0.15, 0.2) is 0 Å². The van der Waals surface area contributed by atoms with Crippen molar-refractivity contribution in [2.45, 2.75) is 46.6 Å².